The van der Waals surface area contributed by atoms with E-state index in [1.165, 1.54) is 12.1 Å². The van der Waals surface area contributed by atoms with Crippen molar-refractivity contribution in [2.24, 2.45) is 5.73 Å². The van der Waals surface area contributed by atoms with Gasteiger partial charge in [-0.1, -0.05) is 24.3 Å². The van der Waals surface area contributed by atoms with Crippen LogP contribution in [0.2, 0.25) is 0 Å². The summed E-state index contributed by atoms with van der Waals surface area (Å²) in [5.74, 6) is -1.17. The van der Waals surface area contributed by atoms with Crippen molar-refractivity contribution in [3.8, 4) is 0 Å². The van der Waals surface area contributed by atoms with Crippen molar-refractivity contribution in [2.45, 2.75) is 26.2 Å². The molecule has 0 aliphatic rings. The molecule has 2 N–H and O–H groups in total. The lowest BCUT2D eigenvalue weighted by molar-refractivity contribution is -0.119. The Kier molecular flexibility index (Phi) is 5.74. The third-order valence-electron chi connectivity index (χ3n) is 4.12. The van der Waals surface area contributed by atoms with Crippen LogP contribution in [0.5, 0.6) is 0 Å². The number of carbonyl (C=O) groups excluding carboxylic acids is 1. The van der Waals surface area contributed by atoms with E-state index in [-0.39, 0.29) is 5.82 Å². The molecule has 4 heteroatoms. The van der Waals surface area contributed by atoms with E-state index in [9.17, 15) is 9.18 Å². The van der Waals surface area contributed by atoms with Crippen LogP contribution in [0, 0.1) is 5.82 Å². The molecule has 0 fully saturated rings. The summed E-state index contributed by atoms with van der Waals surface area (Å²) in [4.78, 5) is 14.0. The fourth-order valence-corrected chi connectivity index (χ4v) is 2.75. The molecule has 2 aromatic rings. The molecule has 0 aliphatic carbocycles. The molecular weight excluding hydrogens is 291 g/mol. The Labute approximate surface area is 136 Å². The number of hydrogen-bond acceptors (Lipinski definition) is 2. The van der Waals surface area contributed by atoms with Crippen molar-refractivity contribution in [3.05, 3.63) is 65.5 Å². The molecule has 0 heterocycles. The predicted molar refractivity (Wildman–Crippen MR) is 92.0 cm³/mol. The number of primary amides is 1. The molecule has 0 aromatic heterocycles. The highest BCUT2D eigenvalue weighted by atomic mass is 19.1. The summed E-state index contributed by atoms with van der Waals surface area (Å²) in [6, 6.07) is 14.1. The molecule has 1 atom stereocenters. The summed E-state index contributed by atoms with van der Waals surface area (Å²) in [5.41, 5.74) is 8.48. The lowest BCUT2D eigenvalue weighted by Gasteiger charge is -2.21. The van der Waals surface area contributed by atoms with E-state index in [1.807, 2.05) is 12.1 Å². The fraction of sp³-hybridized carbons (Fsp3) is 0.316. The molecule has 23 heavy (non-hydrogen) atoms. The van der Waals surface area contributed by atoms with Gasteiger partial charge in [0.05, 0.1) is 5.92 Å². The predicted octanol–water partition coefficient (Wildman–Crippen LogP) is 3.48. The van der Waals surface area contributed by atoms with E-state index in [4.69, 9.17) is 5.73 Å². The van der Waals surface area contributed by atoms with Crippen molar-refractivity contribution >= 4 is 11.6 Å². The van der Waals surface area contributed by atoms with Crippen molar-refractivity contribution in [1.82, 2.24) is 0 Å². The third-order valence-corrected chi connectivity index (χ3v) is 4.12. The number of benzene rings is 2. The quantitative estimate of drug-likeness (QED) is 0.850. The molecular formula is C19H23FN2O. The maximum Gasteiger partial charge on any atom is 0.225 e. The molecule has 0 saturated carbocycles. The maximum atomic E-state index is 13.0. The van der Waals surface area contributed by atoms with Crippen LogP contribution >= 0.6 is 0 Å². The summed E-state index contributed by atoms with van der Waals surface area (Å²) in [6.07, 6.45) is 0.513. The normalized spacial score (nSPS) is 12.0. The lowest BCUT2D eigenvalue weighted by atomic mass is 9.91. The van der Waals surface area contributed by atoms with Crippen LogP contribution in [0.15, 0.2) is 48.5 Å². The fourth-order valence-electron chi connectivity index (χ4n) is 2.75. The summed E-state index contributed by atoms with van der Waals surface area (Å²) in [7, 11) is 0. The van der Waals surface area contributed by atoms with Gasteiger partial charge < -0.3 is 10.6 Å². The Morgan fingerprint density at radius 1 is 1.04 bits per heavy atom. The average Bonchev–Trinajstić information content (AvgIpc) is 2.56. The van der Waals surface area contributed by atoms with Crippen LogP contribution in [-0.2, 0) is 11.2 Å². The van der Waals surface area contributed by atoms with E-state index in [2.05, 4.69) is 30.9 Å². The number of halogens is 1. The molecule has 122 valence electrons. The Bertz CT molecular complexity index is 633. The molecule has 0 saturated heterocycles. The maximum absolute atomic E-state index is 13.0. The minimum absolute atomic E-state index is 0.319. The van der Waals surface area contributed by atoms with Crippen molar-refractivity contribution < 1.29 is 9.18 Å². The number of hydrogen-bond donors (Lipinski definition) is 1. The number of nitrogens with two attached hydrogens (primary N) is 1. The molecule has 0 aliphatic heterocycles. The second-order valence-corrected chi connectivity index (χ2v) is 5.55. The van der Waals surface area contributed by atoms with Crippen LogP contribution < -0.4 is 10.6 Å². The summed E-state index contributed by atoms with van der Waals surface area (Å²) < 4.78 is 13.0. The van der Waals surface area contributed by atoms with E-state index >= 15 is 0 Å². The van der Waals surface area contributed by atoms with Gasteiger partial charge in [0, 0.05) is 18.8 Å². The minimum Gasteiger partial charge on any atom is -0.372 e. The van der Waals surface area contributed by atoms with Crippen molar-refractivity contribution in [3.63, 3.8) is 0 Å². The van der Waals surface area contributed by atoms with Gasteiger partial charge in [-0.15, -0.1) is 0 Å². The molecule has 0 bridgehead atoms. The van der Waals surface area contributed by atoms with Gasteiger partial charge in [-0.3, -0.25) is 4.79 Å². The highest BCUT2D eigenvalue weighted by Gasteiger charge is 2.18. The third kappa shape index (κ3) is 4.31. The summed E-state index contributed by atoms with van der Waals surface area (Å²) in [5, 5.41) is 0. The van der Waals surface area contributed by atoms with E-state index < -0.39 is 11.8 Å². The van der Waals surface area contributed by atoms with Gasteiger partial charge in [0.1, 0.15) is 5.82 Å². The Balaban J connectivity index is 2.17. The van der Waals surface area contributed by atoms with Crippen LogP contribution in [0.25, 0.3) is 0 Å². The SMILES string of the molecule is CCN(CC)c1ccc(CC(C(N)=O)c2ccc(F)cc2)cc1. The van der Waals surface area contributed by atoms with Gasteiger partial charge >= 0.3 is 0 Å². The zero-order chi connectivity index (χ0) is 16.8. The number of nitrogens with zero attached hydrogens (tertiary/aromatic N) is 1. The van der Waals surface area contributed by atoms with E-state index in [0.717, 1.165) is 29.9 Å². The van der Waals surface area contributed by atoms with Crippen molar-refractivity contribution in [2.75, 3.05) is 18.0 Å². The largest absolute Gasteiger partial charge is 0.372 e. The molecule has 0 radical (unpaired) electrons. The lowest BCUT2D eigenvalue weighted by Crippen LogP contribution is -2.23. The monoisotopic (exact) mass is 314 g/mol. The zero-order valence-corrected chi connectivity index (χ0v) is 13.6. The Morgan fingerprint density at radius 3 is 2.09 bits per heavy atom. The Hall–Kier alpha value is -2.36. The standard InChI is InChI=1S/C19H23FN2O/c1-3-22(4-2)17-11-5-14(6-12-17)13-18(19(21)23)15-7-9-16(20)10-8-15/h5-12,18H,3-4,13H2,1-2H3,(H2,21,23). The minimum atomic E-state index is -0.449. The van der Waals surface area contributed by atoms with Crippen LogP contribution in [0.1, 0.15) is 30.9 Å². The summed E-state index contributed by atoms with van der Waals surface area (Å²) in [6.45, 7) is 6.15. The van der Waals surface area contributed by atoms with Crippen LogP contribution in [0.3, 0.4) is 0 Å². The molecule has 2 rings (SSSR count). The van der Waals surface area contributed by atoms with Crippen LogP contribution in [0.4, 0.5) is 10.1 Å². The molecule has 0 spiro atoms. The van der Waals surface area contributed by atoms with Gasteiger partial charge in [0.25, 0.3) is 0 Å². The highest BCUT2D eigenvalue weighted by molar-refractivity contribution is 5.82. The van der Waals surface area contributed by atoms with Crippen LogP contribution in [-0.4, -0.2) is 19.0 Å². The Morgan fingerprint density at radius 2 is 1.61 bits per heavy atom. The van der Waals surface area contributed by atoms with E-state index in [1.54, 1.807) is 12.1 Å². The van der Waals surface area contributed by atoms with Gasteiger partial charge in [-0.05, 0) is 55.7 Å². The zero-order valence-electron chi connectivity index (χ0n) is 13.6. The first-order valence-electron chi connectivity index (χ1n) is 7.93. The first kappa shape index (κ1) is 17.0. The first-order valence-corrected chi connectivity index (χ1v) is 7.93. The van der Waals surface area contributed by atoms with Gasteiger partial charge in [-0.2, -0.15) is 0 Å². The molecule has 1 unspecified atom stereocenters. The van der Waals surface area contributed by atoms with Gasteiger partial charge in [-0.25, -0.2) is 4.39 Å². The van der Waals surface area contributed by atoms with Gasteiger partial charge in [0.2, 0.25) is 5.91 Å². The second-order valence-electron chi connectivity index (χ2n) is 5.55. The molecule has 1 amide bonds. The number of anilines is 1. The number of amides is 1. The number of carbonyl (C=O) groups is 1. The van der Waals surface area contributed by atoms with Crippen molar-refractivity contribution in [1.29, 1.82) is 0 Å². The second kappa shape index (κ2) is 7.77. The topological polar surface area (TPSA) is 46.3 Å². The number of rotatable bonds is 7. The highest BCUT2D eigenvalue weighted by Crippen LogP contribution is 2.23. The molecule has 3 nitrogen and oxygen atoms in total. The summed E-state index contributed by atoms with van der Waals surface area (Å²) >= 11 is 0. The van der Waals surface area contributed by atoms with E-state index in [0.29, 0.717) is 6.42 Å². The molecule has 2 aromatic carbocycles. The smallest absolute Gasteiger partial charge is 0.225 e. The average molecular weight is 314 g/mol. The van der Waals surface area contributed by atoms with Gasteiger partial charge in [0.15, 0.2) is 0 Å². The first-order chi connectivity index (χ1) is 11.0.